The van der Waals surface area contributed by atoms with Gasteiger partial charge in [0.1, 0.15) is 0 Å². The first-order valence-electron chi connectivity index (χ1n) is 7.48. The summed E-state index contributed by atoms with van der Waals surface area (Å²) in [6.07, 6.45) is 16.2. The van der Waals surface area contributed by atoms with Gasteiger partial charge in [-0.25, -0.2) is 0 Å². The monoisotopic (exact) mass is 242 g/mol. The molecule has 0 nitrogen and oxygen atoms in total. The number of rotatable bonds is 6. The average Bonchev–Trinajstić information content (AvgIpc) is 2.97. The van der Waals surface area contributed by atoms with Gasteiger partial charge in [-0.3, -0.25) is 0 Å². The SMILES string of the molecule is ClCCCCC(C1CCCC1)C1CCCC1. The van der Waals surface area contributed by atoms with Crippen LogP contribution in [0.15, 0.2) is 0 Å². The zero-order chi connectivity index (χ0) is 11.2. The van der Waals surface area contributed by atoms with Gasteiger partial charge in [-0.15, -0.1) is 11.6 Å². The predicted molar refractivity (Wildman–Crippen MR) is 72.0 cm³/mol. The lowest BCUT2D eigenvalue weighted by Crippen LogP contribution is -2.20. The molecule has 0 aromatic heterocycles. The summed E-state index contributed by atoms with van der Waals surface area (Å²) in [7, 11) is 0. The van der Waals surface area contributed by atoms with Crippen molar-refractivity contribution >= 4 is 11.6 Å². The largest absolute Gasteiger partial charge is 0.127 e. The number of hydrogen-bond acceptors (Lipinski definition) is 0. The van der Waals surface area contributed by atoms with Crippen molar-refractivity contribution in [3.8, 4) is 0 Å². The van der Waals surface area contributed by atoms with Gasteiger partial charge >= 0.3 is 0 Å². The molecule has 0 N–H and O–H groups in total. The molecule has 0 aliphatic heterocycles. The maximum atomic E-state index is 5.80. The Kier molecular flexibility index (Phi) is 5.48. The van der Waals surface area contributed by atoms with Crippen molar-refractivity contribution in [3.63, 3.8) is 0 Å². The fourth-order valence-corrected chi connectivity index (χ4v) is 4.29. The van der Waals surface area contributed by atoms with Crippen molar-refractivity contribution in [2.75, 3.05) is 5.88 Å². The third-order valence-electron chi connectivity index (χ3n) is 4.93. The molecule has 0 bridgehead atoms. The fraction of sp³-hybridized carbons (Fsp3) is 1.00. The lowest BCUT2D eigenvalue weighted by molar-refractivity contribution is 0.211. The quantitative estimate of drug-likeness (QED) is 0.433. The van der Waals surface area contributed by atoms with Crippen molar-refractivity contribution in [1.82, 2.24) is 0 Å². The molecule has 0 aromatic rings. The van der Waals surface area contributed by atoms with E-state index in [2.05, 4.69) is 0 Å². The Morgan fingerprint density at radius 1 is 0.812 bits per heavy atom. The van der Waals surface area contributed by atoms with Gasteiger partial charge in [-0.05, 0) is 30.6 Å². The van der Waals surface area contributed by atoms with Gasteiger partial charge in [0.05, 0.1) is 0 Å². The molecule has 2 saturated carbocycles. The smallest absolute Gasteiger partial charge is 0.0223 e. The van der Waals surface area contributed by atoms with E-state index in [0.717, 1.165) is 23.6 Å². The highest BCUT2D eigenvalue weighted by atomic mass is 35.5. The van der Waals surface area contributed by atoms with Crippen molar-refractivity contribution in [2.24, 2.45) is 17.8 Å². The molecule has 0 spiro atoms. The highest BCUT2D eigenvalue weighted by molar-refractivity contribution is 6.17. The molecular formula is C15H27Cl. The summed E-state index contributed by atoms with van der Waals surface area (Å²) in [6, 6.07) is 0. The van der Waals surface area contributed by atoms with Crippen LogP contribution >= 0.6 is 11.6 Å². The first kappa shape index (κ1) is 12.7. The maximum Gasteiger partial charge on any atom is 0.0223 e. The Morgan fingerprint density at radius 3 is 1.75 bits per heavy atom. The van der Waals surface area contributed by atoms with E-state index in [1.807, 2.05) is 0 Å². The van der Waals surface area contributed by atoms with Crippen LogP contribution < -0.4 is 0 Å². The summed E-state index contributed by atoms with van der Waals surface area (Å²) in [4.78, 5) is 0. The van der Waals surface area contributed by atoms with E-state index in [1.54, 1.807) is 0 Å². The van der Waals surface area contributed by atoms with Crippen molar-refractivity contribution in [3.05, 3.63) is 0 Å². The van der Waals surface area contributed by atoms with Crippen molar-refractivity contribution in [2.45, 2.75) is 70.6 Å². The molecule has 0 amide bonds. The topological polar surface area (TPSA) is 0 Å². The minimum Gasteiger partial charge on any atom is -0.127 e. The van der Waals surface area contributed by atoms with E-state index in [-0.39, 0.29) is 0 Å². The molecule has 0 saturated heterocycles. The second-order valence-corrected chi connectivity index (χ2v) is 6.32. The fourth-order valence-electron chi connectivity index (χ4n) is 4.10. The molecule has 0 unspecified atom stereocenters. The predicted octanol–water partition coefficient (Wildman–Crippen LogP) is 5.39. The van der Waals surface area contributed by atoms with Crippen LogP contribution in [0.2, 0.25) is 0 Å². The number of alkyl halides is 1. The van der Waals surface area contributed by atoms with Gasteiger partial charge < -0.3 is 0 Å². The summed E-state index contributed by atoms with van der Waals surface area (Å²) in [6.45, 7) is 0. The molecule has 2 aliphatic carbocycles. The summed E-state index contributed by atoms with van der Waals surface area (Å²) in [5.74, 6) is 4.09. The lowest BCUT2D eigenvalue weighted by atomic mass is 9.76. The van der Waals surface area contributed by atoms with Gasteiger partial charge in [0.15, 0.2) is 0 Å². The lowest BCUT2D eigenvalue weighted by Gasteiger charge is -2.29. The van der Waals surface area contributed by atoms with Crippen LogP contribution in [0.4, 0.5) is 0 Å². The van der Waals surface area contributed by atoms with E-state index < -0.39 is 0 Å². The number of hydrogen-bond donors (Lipinski definition) is 0. The molecule has 16 heavy (non-hydrogen) atoms. The zero-order valence-electron chi connectivity index (χ0n) is 10.6. The Labute approximate surface area is 106 Å². The highest BCUT2D eigenvalue weighted by Gasteiger charge is 2.32. The van der Waals surface area contributed by atoms with Crippen molar-refractivity contribution < 1.29 is 0 Å². The zero-order valence-corrected chi connectivity index (χ0v) is 11.4. The Hall–Kier alpha value is 0.290. The summed E-state index contributed by atoms with van der Waals surface area (Å²) >= 11 is 5.80. The minimum atomic E-state index is 0.863. The van der Waals surface area contributed by atoms with E-state index in [4.69, 9.17) is 11.6 Å². The van der Waals surface area contributed by atoms with Crippen LogP contribution in [-0.2, 0) is 0 Å². The second-order valence-electron chi connectivity index (χ2n) is 5.94. The van der Waals surface area contributed by atoms with E-state index in [1.165, 1.54) is 70.6 Å². The van der Waals surface area contributed by atoms with Gasteiger partial charge in [-0.2, -0.15) is 0 Å². The van der Waals surface area contributed by atoms with Crippen LogP contribution in [0.3, 0.4) is 0 Å². The van der Waals surface area contributed by atoms with Crippen LogP contribution in [0.25, 0.3) is 0 Å². The molecule has 1 heteroatoms. The van der Waals surface area contributed by atoms with Gasteiger partial charge in [-0.1, -0.05) is 57.8 Å². The summed E-state index contributed by atoms with van der Waals surface area (Å²) < 4.78 is 0. The standard InChI is InChI=1S/C15H27Cl/c16-12-6-5-11-15(13-7-1-2-8-13)14-9-3-4-10-14/h13-15H,1-12H2. The van der Waals surface area contributed by atoms with Crippen LogP contribution in [0, 0.1) is 17.8 Å². The van der Waals surface area contributed by atoms with Gasteiger partial charge in [0.25, 0.3) is 0 Å². The minimum absolute atomic E-state index is 0.863. The van der Waals surface area contributed by atoms with Crippen molar-refractivity contribution in [1.29, 1.82) is 0 Å². The second kappa shape index (κ2) is 6.89. The molecule has 2 aliphatic rings. The van der Waals surface area contributed by atoms with E-state index in [9.17, 15) is 0 Å². The van der Waals surface area contributed by atoms with Gasteiger partial charge in [0, 0.05) is 5.88 Å². The third kappa shape index (κ3) is 3.39. The van der Waals surface area contributed by atoms with E-state index in [0.29, 0.717) is 0 Å². The Balaban J connectivity index is 1.83. The first-order chi connectivity index (χ1) is 7.92. The average molecular weight is 243 g/mol. The molecule has 0 atom stereocenters. The van der Waals surface area contributed by atoms with E-state index >= 15 is 0 Å². The summed E-state index contributed by atoms with van der Waals surface area (Å²) in [5, 5.41) is 0. The normalized spacial score (nSPS) is 23.6. The molecule has 0 heterocycles. The summed E-state index contributed by atoms with van der Waals surface area (Å²) in [5.41, 5.74) is 0. The molecule has 2 fully saturated rings. The third-order valence-corrected chi connectivity index (χ3v) is 5.20. The van der Waals surface area contributed by atoms with Gasteiger partial charge in [0.2, 0.25) is 0 Å². The first-order valence-corrected chi connectivity index (χ1v) is 8.01. The Bertz CT molecular complexity index is 162. The molecule has 0 radical (unpaired) electrons. The highest BCUT2D eigenvalue weighted by Crippen LogP contribution is 2.43. The molecule has 0 aromatic carbocycles. The number of unbranched alkanes of at least 4 members (excludes halogenated alkanes) is 1. The molecule has 2 rings (SSSR count). The van der Waals surface area contributed by atoms with Crippen LogP contribution in [0.1, 0.15) is 70.6 Å². The molecule has 94 valence electrons. The van der Waals surface area contributed by atoms with Crippen LogP contribution in [0.5, 0.6) is 0 Å². The Morgan fingerprint density at radius 2 is 1.31 bits per heavy atom. The number of halogens is 1. The maximum absolute atomic E-state index is 5.80. The molecular weight excluding hydrogens is 216 g/mol. The van der Waals surface area contributed by atoms with Crippen LogP contribution in [-0.4, -0.2) is 5.88 Å².